The Bertz CT molecular complexity index is 787. The summed E-state index contributed by atoms with van der Waals surface area (Å²) in [6, 6.07) is 16.7. The Balaban J connectivity index is 1.55. The van der Waals surface area contributed by atoms with Gasteiger partial charge in [-0.1, -0.05) is 30.3 Å². The number of ether oxygens (including phenoxy) is 2. The maximum Gasteiger partial charge on any atom is 0.119 e. The van der Waals surface area contributed by atoms with Gasteiger partial charge < -0.3 is 9.47 Å². The summed E-state index contributed by atoms with van der Waals surface area (Å²) in [5, 5.41) is 2.37. The zero-order valence-electron chi connectivity index (χ0n) is 12.9. The smallest absolute Gasteiger partial charge is 0.119 e. The molecule has 0 saturated carbocycles. The fourth-order valence-corrected chi connectivity index (χ4v) is 3.07. The van der Waals surface area contributed by atoms with Crippen LogP contribution < -0.4 is 4.74 Å². The average Bonchev–Trinajstić information content (AvgIpc) is 3.14. The van der Waals surface area contributed by atoms with Gasteiger partial charge in [0.1, 0.15) is 12.4 Å². The lowest BCUT2D eigenvalue weighted by Crippen LogP contribution is -2.16. The summed E-state index contributed by atoms with van der Waals surface area (Å²) in [5.74, 6) is 0.895. The van der Waals surface area contributed by atoms with E-state index in [2.05, 4.69) is 41.4 Å². The first-order valence-electron chi connectivity index (χ1n) is 8.08. The van der Waals surface area contributed by atoms with E-state index in [-0.39, 0.29) is 6.10 Å². The molecule has 1 aromatic heterocycles. The summed E-state index contributed by atoms with van der Waals surface area (Å²) >= 11 is 0. The van der Waals surface area contributed by atoms with E-state index < -0.39 is 0 Å². The predicted molar refractivity (Wildman–Crippen MR) is 91.6 cm³/mol. The maximum absolute atomic E-state index is 5.83. The van der Waals surface area contributed by atoms with Gasteiger partial charge in [-0.05, 0) is 47.6 Å². The van der Waals surface area contributed by atoms with Crippen LogP contribution in [0.5, 0.6) is 5.75 Å². The molecule has 2 heterocycles. The minimum absolute atomic E-state index is 0.250. The van der Waals surface area contributed by atoms with Crippen molar-refractivity contribution in [3.05, 3.63) is 60.9 Å². The maximum atomic E-state index is 5.83. The Morgan fingerprint density at radius 2 is 2.00 bits per heavy atom. The van der Waals surface area contributed by atoms with E-state index in [1.54, 1.807) is 0 Å². The fourth-order valence-electron chi connectivity index (χ4n) is 3.07. The summed E-state index contributed by atoms with van der Waals surface area (Å²) in [7, 11) is 0. The van der Waals surface area contributed by atoms with Crippen LogP contribution in [-0.2, 0) is 4.74 Å². The lowest BCUT2D eigenvalue weighted by atomic mass is 9.99. The normalized spacial score (nSPS) is 17.5. The van der Waals surface area contributed by atoms with Gasteiger partial charge in [0.2, 0.25) is 0 Å². The molecule has 23 heavy (non-hydrogen) atoms. The van der Waals surface area contributed by atoms with E-state index in [0.717, 1.165) is 30.6 Å². The van der Waals surface area contributed by atoms with Crippen molar-refractivity contribution in [1.29, 1.82) is 0 Å². The third-order valence-electron chi connectivity index (χ3n) is 4.31. The second-order valence-electron chi connectivity index (χ2n) is 5.87. The van der Waals surface area contributed by atoms with E-state index in [4.69, 9.17) is 9.47 Å². The molecule has 3 nitrogen and oxygen atoms in total. The fraction of sp³-hybridized carbons (Fsp3) is 0.250. The molecule has 2 aromatic carbocycles. The Hall–Kier alpha value is -2.39. The highest BCUT2D eigenvalue weighted by atomic mass is 16.5. The summed E-state index contributed by atoms with van der Waals surface area (Å²) in [6.07, 6.45) is 6.23. The van der Waals surface area contributed by atoms with Crippen molar-refractivity contribution in [2.24, 2.45) is 0 Å². The molecule has 1 aliphatic heterocycles. The van der Waals surface area contributed by atoms with Crippen LogP contribution >= 0.6 is 0 Å². The molecule has 0 radical (unpaired) electrons. The van der Waals surface area contributed by atoms with Crippen LogP contribution in [0.15, 0.2) is 60.9 Å². The van der Waals surface area contributed by atoms with Crippen LogP contribution in [0, 0.1) is 0 Å². The number of fused-ring (bicyclic) bond motifs is 1. The molecule has 3 aromatic rings. The van der Waals surface area contributed by atoms with Crippen molar-refractivity contribution in [3.63, 3.8) is 0 Å². The Morgan fingerprint density at radius 3 is 2.83 bits per heavy atom. The first kappa shape index (κ1) is 14.2. The number of hydrogen-bond acceptors (Lipinski definition) is 3. The first-order valence-corrected chi connectivity index (χ1v) is 8.08. The van der Waals surface area contributed by atoms with Crippen molar-refractivity contribution >= 4 is 10.8 Å². The summed E-state index contributed by atoms with van der Waals surface area (Å²) in [6.45, 7) is 1.50. The molecule has 0 bridgehead atoms. The molecule has 1 fully saturated rings. The Morgan fingerprint density at radius 1 is 1.09 bits per heavy atom. The van der Waals surface area contributed by atoms with Gasteiger partial charge in [0.25, 0.3) is 0 Å². The molecule has 1 unspecified atom stereocenters. The number of hydrogen-bond donors (Lipinski definition) is 0. The lowest BCUT2D eigenvalue weighted by Gasteiger charge is -2.12. The van der Waals surface area contributed by atoms with Gasteiger partial charge in [0.05, 0.1) is 6.10 Å². The topological polar surface area (TPSA) is 31.4 Å². The highest BCUT2D eigenvalue weighted by Gasteiger charge is 2.15. The summed E-state index contributed by atoms with van der Waals surface area (Å²) < 4.78 is 11.4. The molecular formula is C20H19NO2. The lowest BCUT2D eigenvalue weighted by molar-refractivity contribution is 0.0679. The molecule has 116 valence electrons. The van der Waals surface area contributed by atoms with Crippen molar-refractivity contribution in [2.45, 2.75) is 18.9 Å². The third-order valence-corrected chi connectivity index (χ3v) is 4.31. The molecule has 3 heteroatoms. The largest absolute Gasteiger partial charge is 0.491 e. The molecular weight excluding hydrogens is 286 g/mol. The van der Waals surface area contributed by atoms with Crippen molar-refractivity contribution in [2.75, 3.05) is 13.2 Å². The van der Waals surface area contributed by atoms with Crippen molar-refractivity contribution in [1.82, 2.24) is 4.98 Å². The highest BCUT2D eigenvalue weighted by molar-refractivity contribution is 5.96. The molecule has 1 aliphatic rings. The number of nitrogens with zero attached hydrogens (tertiary/aromatic N) is 1. The molecule has 0 amide bonds. The number of aromatic nitrogens is 1. The van der Waals surface area contributed by atoms with Crippen LogP contribution in [0.3, 0.4) is 0 Å². The molecule has 1 saturated heterocycles. The van der Waals surface area contributed by atoms with Gasteiger partial charge >= 0.3 is 0 Å². The summed E-state index contributed by atoms with van der Waals surface area (Å²) in [4.78, 5) is 4.19. The van der Waals surface area contributed by atoms with E-state index >= 15 is 0 Å². The van der Waals surface area contributed by atoms with Crippen LogP contribution in [0.2, 0.25) is 0 Å². The van der Waals surface area contributed by atoms with Crippen molar-refractivity contribution < 1.29 is 9.47 Å². The van der Waals surface area contributed by atoms with Crippen LogP contribution in [0.4, 0.5) is 0 Å². The van der Waals surface area contributed by atoms with E-state index in [0.29, 0.717) is 6.61 Å². The first-order chi connectivity index (χ1) is 11.4. The molecule has 1 atom stereocenters. The molecule has 0 N–H and O–H groups in total. The summed E-state index contributed by atoms with van der Waals surface area (Å²) in [5.41, 5.74) is 2.40. The second kappa shape index (κ2) is 6.39. The average molecular weight is 305 g/mol. The zero-order chi connectivity index (χ0) is 15.5. The van der Waals surface area contributed by atoms with Crippen LogP contribution in [0.25, 0.3) is 21.9 Å². The van der Waals surface area contributed by atoms with Gasteiger partial charge in [-0.25, -0.2) is 0 Å². The van der Waals surface area contributed by atoms with Crippen LogP contribution in [-0.4, -0.2) is 24.3 Å². The third kappa shape index (κ3) is 3.06. The predicted octanol–water partition coefficient (Wildman–Crippen LogP) is 4.46. The van der Waals surface area contributed by atoms with E-state index in [1.165, 1.54) is 16.5 Å². The minimum atomic E-state index is 0.250. The SMILES string of the molecule is c1cc(-c2ccc(OCC3CCCO3)cc2)c2ccncc2c1. The van der Waals surface area contributed by atoms with E-state index in [1.807, 2.05) is 24.5 Å². The van der Waals surface area contributed by atoms with Gasteiger partial charge in [-0.3, -0.25) is 4.98 Å². The number of pyridine rings is 1. The van der Waals surface area contributed by atoms with Crippen LogP contribution in [0.1, 0.15) is 12.8 Å². The molecule has 0 spiro atoms. The Kier molecular flexibility index (Phi) is 3.95. The molecule has 4 rings (SSSR count). The highest BCUT2D eigenvalue weighted by Crippen LogP contribution is 2.29. The van der Waals surface area contributed by atoms with Crippen molar-refractivity contribution in [3.8, 4) is 16.9 Å². The minimum Gasteiger partial charge on any atom is -0.491 e. The number of benzene rings is 2. The zero-order valence-corrected chi connectivity index (χ0v) is 12.9. The quantitative estimate of drug-likeness (QED) is 0.713. The Labute approximate surface area is 135 Å². The van der Waals surface area contributed by atoms with Gasteiger partial charge in [-0.15, -0.1) is 0 Å². The monoisotopic (exact) mass is 305 g/mol. The standard InChI is InChI=1S/C20H19NO2/c1-3-16-13-21-11-10-20(16)19(5-1)15-6-8-17(9-7-15)23-14-18-4-2-12-22-18/h1,3,5-11,13,18H,2,4,12,14H2. The molecule has 0 aliphatic carbocycles. The van der Waals surface area contributed by atoms with Gasteiger partial charge in [0.15, 0.2) is 0 Å². The van der Waals surface area contributed by atoms with Gasteiger partial charge in [0, 0.05) is 24.4 Å². The second-order valence-corrected chi connectivity index (χ2v) is 5.87. The number of rotatable bonds is 4. The van der Waals surface area contributed by atoms with Gasteiger partial charge in [-0.2, -0.15) is 0 Å². The van der Waals surface area contributed by atoms with E-state index in [9.17, 15) is 0 Å².